The first-order valence-electron chi connectivity index (χ1n) is 3.32. The monoisotopic (exact) mass is 190 g/mol. The predicted molar refractivity (Wildman–Crippen MR) is 38.3 cm³/mol. The van der Waals surface area contributed by atoms with Gasteiger partial charge in [0, 0.05) is 12.1 Å². The molecule has 13 heavy (non-hydrogen) atoms. The van der Waals surface area contributed by atoms with Crippen LogP contribution < -0.4 is 4.74 Å². The van der Waals surface area contributed by atoms with Gasteiger partial charge in [-0.1, -0.05) is 0 Å². The molecule has 1 aromatic rings. The Morgan fingerprint density at radius 3 is 2.23 bits per heavy atom. The summed E-state index contributed by atoms with van der Waals surface area (Å²) in [7, 11) is 0. The molecule has 0 spiro atoms. The number of hydrogen-bond acceptors (Lipinski definition) is 2. The largest absolute Gasteiger partial charge is 0.463 e. The zero-order valence-electron chi connectivity index (χ0n) is 6.39. The van der Waals surface area contributed by atoms with Gasteiger partial charge in [0.05, 0.1) is 5.56 Å². The summed E-state index contributed by atoms with van der Waals surface area (Å²) >= 11 is 0. The molecule has 70 valence electrons. The van der Waals surface area contributed by atoms with Gasteiger partial charge in [-0.25, -0.2) is 13.2 Å². The summed E-state index contributed by atoms with van der Waals surface area (Å²) in [4.78, 5) is 10.1. The van der Waals surface area contributed by atoms with Crippen LogP contribution in [0.4, 0.5) is 13.2 Å². The fourth-order valence-electron chi connectivity index (χ4n) is 0.820. The summed E-state index contributed by atoms with van der Waals surface area (Å²) in [5.41, 5.74) is -0.689. The number of benzene rings is 1. The number of hydrogen-bond donors (Lipinski definition) is 0. The number of carbonyl (C=O) groups is 1. The molecule has 0 aromatic heterocycles. The molecule has 0 bridgehead atoms. The lowest BCUT2D eigenvalue weighted by molar-refractivity contribution is 0.111. The minimum absolute atomic E-state index is 0.0455. The third kappa shape index (κ3) is 1.99. The van der Waals surface area contributed by atoms with Crippen molar-refractivity contribution in [1.82, 2.24) is 0 Å². The molecule has 2 nitrogen and oxygen atoms in total. The number of carbonyl (C=O) groups excluding carboxylic acids is 1. The Balaban J connectivity index is 3.12. The standard InChI is InChI=1S/C8H5F3O2/c9-4-13-5-1-7(10)6(3-12)8(11)2-5/h1-3H,4H2. The summed E-state index contributed by atoms with van der Waals surface area (Å²) in [6, 6.07) is 1.48. The van der Waals surface area contributed by atoms with Gasteiger partial charge in [0.25, 0.3) is 0 Å². The third-order valence-corrected chi connectivity index (χ3v) is 1.39. The molecule has 0 fully saturated rings. The van der Waals surface area contributed by atoms with Crippen LogP contribution >= 0.6 is 0 Å². The molecule has 0 aliphatic carbocycles. The highest BCUT2D eigenvalue weighted by molar-refractivity contribution is 5.75. The second-order valence-electron chi connectivity index (χ2n) is 2.17. The van der Waals surface area contributed by atoms with Crippen molar-refractivity contribution in [1.29, 1.82) is 0 Å². The minimum atomic E-state index is -1.18. The Kier molecular flexibility index (Phi) is 2.89. The van der Waals surface area contributed by atoms with Crippen molar-refractivity contribution in [2.45, 2.75) is 0 Å². The van der Waals surface area contributed by atoms with Crippen molar-refractivity contribution in [3.05, 3.63) is 29.3 Å². The maximum atomic E-state index is 12.8. The van der Waals surface area contributed by atoms with Gasteiger partial charge in [-0.15, -0.1) is 0 Å². The molecule has 0 saturated carbocycles. The fourth-order valence-corrected chi connectivity index (χ4v) is 0.820. The van der Waals surface area contributed by atoms with E-state index in [9.17, 15) is 18.0 Å². The van der Waals surface area contributed by atoms with Crippen molar-refractivity contribution >= 4 is 6.29 Å². The zero-order valence-corrected chi connectivity index (χ0v) is 6.39. The Morgan fingerprint density at radius 2 is 1.85 bits per heavy atom. The van der Waals surface area contributed by atoms with Gasteiger partial charge in [-0.2, -0.15) is 0 Å². The van der Waals surface area contributed by atoms with Gasteiger partial charge in [-0.05, 0) is 0 Å². The molecular weight excluding hydrogens is 185 g/mol. The van der Waals surface area contributed by atoms with E-state index >= 15 is 0 Å². The van der Waals surface area contributed by atoms with Crippen molar-refractivity contribution in [2.24, 2.45) is 0 Å². The van der Waals surface area contributed by atoms with E-state index in [4.69, 9.17) is 0 Å². The molecule has 0 saturated heterocycles. The van der Waals surface area contributed by atoms with Crippen LogP contribution in [0.5, 0.6) is 5.75 Å². The summed E-state index contributed by atoms with van der Waals surface area (Å²) in [6.07, 6.45) is 0.0455. The lowest BCUT2D eigenvalue weighted by Gasteiger charge is -2.02. The number of alkyl halides is 1. The van der Waals surface area contributed by atoms with Crippen LogP contribution in [0.1, 0.15) is 10.4 Å². The first-order chi connectivity index (χ1) is 6.19. The molecule has 0 amide bonds. The number of rotatable bonds is 3. The summed E-state index contributed by atoms with van der Waals surface area (Å²) in [5.74, 6) is -2.43. The van der Waals surface area contributed by atoms with Crippen LogP contribution in [-0.4, -0.2) is 13.1 Å². The molecule has 0 unspecified atom stereocenters. The van der Waals surface area contributed by atoms with Crippen LogP contribution in [0.3, 0.4) is 0 Å². The molecule has 1 rings (SSSR count). The first kappa shape index (κ1) is 9.57. The van der Waals surface area contributed by atoms with Gasteiger partial charge in [-0.3, -0.25) is 4.79 Å². The normalized spacial score (nSPS) is 9.77. The van der Waals surface area contributed by atoms with E-state index in [2.05, 4.69) is 4.74 Å². The Hall–Kier alpha value is -1.52. The molecule has 1 aromatic carbocycles. The predicted octanol–water partition coefficient (Wildman–Crippen LogP) is 2.08. The van der Waals surface area contributed by atoms with Crippen molar-refractivity contribution < 1.29 is 22.7 Å². The third-order valence-electron chi connectivity index (χ3n) is 1.39. The van der Waals surface area contributed by atoms with Crippen LogP contribution in [-0.2, 0) is 0 Å². The maximum Gasteiger partial charge on any atom is 0.228 e. The van der Waals surface area contributed by atoms with Crippen molar-refractivity contribution in [3.8, 4) is 5.75 Å². The van der Waals surface area contributed by atoms with Gasteiger partial charge in [0.15, 0.2) is 6.29 Å². The van der Waals surface area contributed by atoms with Crippen molar-refractivity contribution in [3.63, 3.8) is 0 Å². The fraction of sp³-hybridized carbons (Fsp3) is 0.125. The smallest absolute Gasteiger partial charge is 0.228 e. The van der Waals surface area contributed by atoms with E-state index in [-0.39, 0.29) is 12.0 Å². The SMILES string of the molecule is O=Cc1c(F)cc(OCF)cc1F. The molecule has 0 aliphatic heterocycles. The highest BCUT2D eigenvalue weighted by Crippen LogP contribution is 2.19. The first-order valence-corrected chi connectivity index (χ1v) is 3.32. The summed E-state index contributed by atoms with van der Waals surface area (Å²) < 4.78 is 41.3. The summed E-state index contributed by atoms with van der Waals surface area (Å²) in [6.45, 7) is -1.18. The lowest BCUT2D eigenvalue weighted by Crippen LogP contribution is -1.97. The van der Waals surface area contributed by atoms with Crippen LogP contribution in [0.15, 0.2) is 12.1 Å². The molecule has 5 heteroatoms. The van der Waals surface area contributed by atoms with E-state index in [1.807, 2.05) is 0 Å². The Bertz CT molecular complexity index is 302. The van der Waals surface area contributed by atoms with Crippen LogP contribution in [0.2, 0.25) is 0 Å². The molecule has 0 N–H and O–H groups in total. The van der Waals surface area contributed by atoms with Crippen LogP contribution in [0.25, 0.3) is 0 Å². The van der Waals surface area contributed by atoms with Gasteiger partial charge in [0.1, 0.15) is 17.4 Å². The van der Waals surface area contributed by atoms with Crippen LogP contribution in [0, 0.1) is 11.6 Å². The Morgan fingerprint density at radius 1 is 1.31 bits per heavy atom. The second-order valence-corrected chi connectivity index (χ2v) is 2.17. The molecule has 0 heterocycles. The minimum Gasteiger partial charge on any atom is -0.463 e. The second kappa shape index (κ2) is 3.93. The van der Waals surface area contributed by atoms with Crippen molar-refractivity contribution in [2.75, 3.05) is 6.86 Å². The van der Waals surface area contributed by atoms with E-state index in [1.54, 1.807) is 0 Å². The van der Waals surface area contributed by atoms with E-state index in [0.717, 1.165) is 12.1 Å². The molecule has 0 radical (unpaired) electrons. The average molecular weight is 190 g/mol. The molecule has 0 atom stereocenters. The molecular formula is C8H5F3O2. The number of ether oxygens (including phenoxy) is 1. The highest BCUT2D eigenvalue weighted by atomic mass is 19.1. The van der Waals surface area contributed by atoms with Gasteiger partial charge < -0.3 is 4.74 Å². The lowest BCUT2D eigenvalue weighted by atomic mass is 10.2. The maximum absolute atomic E-state index is 12.8. The quantitative estimate of drug-likeness (QED) is 0.682. The van der Waals surface area contributed by atoms with E-state index in [1.165, 1.54) is 0 Å². The van der Waals surface area contributed by atoms with Gasteiger partial charge >= 0.3 is 0 Å². The number of halogens is 3. The van der Waals surface area contributed by atoms with E-state index in [0.29, 0.717) is 0 Å². The summed E-state index contributed by atoms with van der Waals surface area (Å²) in [5, 5.41) is 0. The zero-order chi connectivity index (χ0) is 9.84. The average Bonchev–Trinajstić information content (AvgIpc) is 2.04. The molecule has 0 aliphatic rings. The Labute approximate surface area is 71.9 Å². The highest BCUT2D eigenvalue weighted by Gasteiger charge is 2.10. The van der Waals surface area contributed by atoms with Gasteiger partial charge in [0.2, 0.25) is 6.86 Å². The number of aldehydes is 1. The van der Waals surface area contributed by atoms with E-state index < -0.39 is 24.1 Å². The topological polar surface area (TPSA) is 26.3 Å².